The Kier molecular flexibility index (Phi) is 9.50. The van der Waals surface area contributed by atoms with Crippen molar-refractivity contribution in [2.45, 2.75) is 71.2 Å². The molecule has 0 aliphatic rings. The zero-order valence-electron chi connectivity index (χ0n) is 22.8. The Labute approximate surface area is 219 Å². The highest BCUT2D eigenvalue weighted by molar-refractivity contribution is 5.92. The van der Waals surface area contributed by atoms with Crippen LogP contribution in [-0.2, 0) is 20.7 Å². The van der Waals surface area contributed by atoms with Crippen LogP contribution >= 0.6 is 0 Å². The molecule has 2 aromatic carbocycles. The maximum atomic E-state index is 13.9. The van der Waals surface area contributed by atoms with Crippen molar-refractivity contribution in [3.05, 3.63) is 71.8 Å². The lowest BCUT2D eigenvalue weighted by molar-refractivity contribution is -0.141. The maximum absolute atomic E-state index is 13.9. The van der Waals surface area contributed by atoms with Gasteiger partial charge in [-0.1, -0.05) is 43.0 Å². The van der Waals surface area contributed by atoms with Crippen LogP contribution in [0.3, 0.4) is 0 Å². The summed E-state index contributed by atoms with van der Waals surface area (Å²) in [5.41, 5.74) is 0.831. The van der Waals surface area contributed by atoms with Gasteiger partial charge in [0.1, 0.15) is 23.4 Å². The van der Waals surface area contributed by atoms with Crippen LogP contribution in [0.25, 0.3) is 6.08 Å². The van der Waals surface area contributed by atoms with Gasteiger partial charge in [0.05, 0.1) is 0 Å². The Morgan fingerprint density at radius 1 is 1.05 bits per heavy atom. The summed E-state index contributed by atoms with van der Waals surface area (Å²) < 4.78 is 5.39. The molecule has 0 radical (unpaired) electrons. The van der Waals surface area contributed by atoms with Gasteiger partial charge in [-0.15, -0.1) is 0 Å². The molecule has 0 saturated carbocycles. The van der Waals surface area contributed by atoms with Gasteiger partial charge >= 0.3 is 6.09 Å². The van der Waals surface area contributed by atoms with Crippen molar-refractivity contribution < 1.29 is 24.2 Å². The van der Waals surface area contributed by atoms with Crippen molar-refractivity contribution in [3.8, 4) is 5.75 Å². The van der Waals surface area contributed by atoms with E-state index in [1.165, 1.54) is 24.1 Å². The lowest BCUT2D eigenvalue weighted by atomic mass is 9.98. The van der Waals surface area contributed by atoms with E-state index in [-0.39, 0.29) is 18.1 Å². The Morgan fingerprint density at radius 2 is 1.68 bits per heavy atom. The number of carbonyl (C=O) groups excluding carboxylic acids is 3. The number of rotatable bonds is 8. The van der Waals surface area contributed by atoms with Gasteiger partial charge in [0, 0.05) is 19.0 Å². The van der Waals surface area contributed by atoms with Crippen LogP contribution in [0.2, 0.25) is 0 Å². The second kappa shape index (κ2) is 12.0. The summed E-state index contributed by atoms with van der Waals surface area (Å²) in [6, 6.07) is 11.6. The summed E-state index contributed by atoms with van der Waals surface area (Å²) in [7, 11) is 1.54. The lowest BCUT2D eigenvalue weighted by Crippen LogP contribution is -2.54. The average molecular weight is 510 g/mol. The SMILES string of the molecule is C=Cc1cccc(C(C(=O)NC(C)(C)C)N(C)C(=O)C(Cc2ccc(O)cc2)NC(=O)OC(C)(C)C)c1. The van der Waals surface area contributed by atoms with E-state index in [0.717, 1.165) is 5.56 Å². The first-order chi connectivity index (χ1) is 17.1. The van der Waals surface area contributed by atoms with Crippen LogP contribution in [0.15, 0.2) is 55.1 Å². The normalized spacial score (nSPS) is 13.2. The number of hydrogen-bond acceptors (Lipinski definition) is 5. The second-order valence-corrected chi connectivity index (χ2v) is 11.0. The van der Waals surface area contributed by atoms with E-state index < -0.39 is 35.2 Å². The Bertz CT molecular complexity index is 1110. The molecular weight excluding hydrogens is 470 g/mol. The molecule has 3 N–H and O–H groups in total. The molecule has 3 amide bonds. The van der Waals surface area contributed by atoms with Gasteiger partial charge in [0.2, 0.25) is 11.8 Å². The number of nitrogens with one attached hydrogen (secondary N) is 2. The number of alkyl carbamates (subject to hydrolysis) is 1. The van der Waals surface area contributed by atoms with Gasteiger partial charge in [0.25, 0.3) is 0 Å². The molecule has 8 nitrogen and oxygen atoms in total. The number of carbonyl (C=O) groups is 3. The summed E-state index contributed by atoms with van der Waals surface area (Å²) in [6.45, 7) is 14.6. The van der Waals surface area contributed by atoms with Crippen LogP contribution in [0.5, 0.6) is 5.75 Å². The van der Waals surface area contributed by atoms with E-state index in [1.807, 2.05) is 26.8 Å². The molecule has 2 unspecified atom stereocenters. The van der Waals surface area contributed by atoms with E-state index in [4.69, 9.17) is 4.74 Å². The third-order valence-corrected chi connectivity index (χ3v) is 5.31. The number of hydrogen-bond donors (Lipinski definition) is 3. The standard InChI is InChI=1S/C29H39N3O5/c1-9-19-11-10-12-21(17-19)24(25(34)31-28(2,3)4)32(8)26(35)23(30-27(36)37-29(5,6)7)18-20-13-15-22(33)16-14-20/h9-17,23-24,33H,1,18H2,2-8H3,(H,30,36)(H,31,34). The van der Waals surface area contributed by atoms with Crippen molar-refractivity contribution in [3.63, 3.8) is 0 Å². The quantitative estimate of drug-likeness (QED) is 0.483. The summed E-state index contributed by atoms with van der Waals surface area (Å²) in [4.78, 5) is 41.3. The van der Waals surface area contributed by atoms with Crippen LogP contribution in [-0.4, -0.2) is 52.1 Å². The molecule has 2 rings (SSSR count). The molecular formula is C29H39N3O5. The van der Waals surface area contributed by atoms with E-state index >= 15 is 0 Å². The summed E-state index contributed by atoms with van der Waals surface area (Å²) >= 11 is 0. The molecule has 0 aliphatic carbocycles. The van der Waals surface area contributed by atoms with Crippen LogP contribution in [0.4, 0.5) is 4.79 Å². The minimum atomic E-state index is -1.03. The Morgan fingerprint density at radius 3 is 2.22 bits per heavy atom. The van der Waals surface area contributed by atoms with E-state index in [2.05, 4.69) is 17.2 Å². The highest BCUT2D eigenvalue weighted by atomic mass is 16.6. The molecule has 200 valence electrons. The average Bonchev–Trinajstić information content (AvgIpc) is 2.77. The smallest absolute Gasteiger partial charge is 0.408 e. The number of phenols is 1. The third kappa shape index (κ3) is 9.29. The molecule has 0 fully saturated rings. The van der Waals surface area contributed by atoms with E-state index in [0.29, 0.717) is 11.1 Å². The summed E-state index contributed by atoms with van der Waals surface area (Å²) in [5.74, 6) is -0.743. The number of phenolic OH excluding ortho intramolecular Hbond substituents is 1. The topological polar surface area (TPSA) is 108 Å². The number of aromatic hydroxyl groups is 1. The zero-order chi connectivity index (χ0) is 28.0. The Hall–Kier alpha value is -3.81. The van der Waals surface area contributed by atoms with Gasteiger partial charge in [-0.2, -0.15) is 0 Å². The molecule has 0 heterocycles. The molecule has 2 aromatic rings. The first kappa shape index (κ1) is 29.4. The maximum Gasteiger partial charge on any atom is 0.408 e. The fourth-order valence-electron chi connectivity index (χ4n) is 3.74. The number of nitrogens with zero attached hydrogens (tertiary/aromatic N) is 1. The van der Waals surface area contributed by atoms with Crippen LogP contribution in [0, 0.1) is 0 Å². The lowest BCUT2D eigenvalue weighted by Gasteiger charge is -2.33. The van der Waals surface area contributed by atoms with Crippen molar-refractivity contribution in [1.82, 2.24) is 15.5 Å². The first-order valence-electron chi connectivity index (χ1n) is 12.2. The third-order valence-electron chi connectivity index (χ3n) is 5.31. The van der Waals surface area contributed by atoms with E-state index in [9.17, 15) is 19.5 Å². The van der Waals surface area contributed by atoms with Crippen molar-refractivity contribution in [1.29, 1.82) is 0 Å². The zero-order valence-corrected chi connectivity index (χ0v) is 22.8. The highest BCUT2D eigenvalue weighted by Gasteiger charge is 2.35. The van der Waals surface area contributed by atoms with Crippen LogP contribution in [0.1, 0.15) is 64.3 Å². The number of ether oxygens (including phenoxy) is 1. The monoisotopic (exact) mass is 509 g/mol. The van der Waals surface area contributed by atoms with Gasteiger partial charge in [-0.3, -0.25) is 9.59 Å². The largest absolute Gasteiger partial charge is 0.508 e. The first-order valence-corrected chi connectivity index (χ1v) is 12.2. The Balaban J connectivity index is 2.46. The van der Waals surface area contributed by atoms with E-state index in [1.54, 1.807) is 57.2 Å². The molecule has 8 heteroatoms. The number of benzene rings is 2. The number of likely N-dealkylation sites (N-methyl/N-ethyl adjacent to an activating group) is 1. The predicted octanol–water partition coefficient (Wildman–Crippen LogP) is 4.59. The fraction of sp³-hybridized carbons (Fsp3) is 0.414. The molecule has 2 atom stereocenters. The summed E-state index contributed by atoms with van der Waals surface area (Å²) in [5, 5.41) is 15.3. The molecule has 0 aliphatic heterocycles. The molecule has 37 heavy (non-hydrogen) atoms. The molecule has 0 saturated heterocycles. The minimum absolute atomic E-state index is 0.0878. The van der Waals surface area contributed by atoms with Gasteiger partial charge < -0.3 is 25.4 Å². The van der Waals surface area contributed by atoms with Crippen molar-refractivity contribution in [2.75, 3.05) is 7.05 Å². The predicted molar refractivity (Wildman–Crippen MR) is 145 cm³/mol. The fourth-order valence-corrected chi connectivity index (χ4v) is 3.74. The molecule has 0 spiro atoms. The summed E-state index contributed by atoms with van der Waals surface area (Å²) in [6.07, 6.45) is 1.05. The second-order valence-electron chi connectivity index (χ2n) is 11.0. The van der Waals surface area contributed by atoms with Crippen molar-refractivity contribution in [2.24, 2.45) is 0 Å². The van der Waals surface area contributed by atoms with Gasteiger partial charge in [0.15, 0.2) is 0 Å². The minimum Gasteiger partial charge on any atom is -0.508 e. The van der Waals surface area contributed by atoms with Gasteiger partial charge in [-0.25, -0.2) is 4.79 Å². The van der Waals surface area contributed by atoms with Crippen molar-refractivity contribution >= 4 is 24.0 Å². The highest BCUT2D eigenvalue weighted by Crippen LogP contribution is 2.24. The molecule has 0 bridgehead atoms. The number of amides is 3. The molecule has 0 aromatic heterocycles. The van der Waals surface area contributed by atoms with Crippen LogP contribution < -0.4 is 10.6 Å². The van der Waals surface area contributed by atoms with Gasteiger partial charge in [-0.05, 0) is 76.4 Å².